The van der Waals surface area contributed by atoms with Crippen LogP contribution in [0.5, 0.6) is 0 Å². The number of piperidine rings is 1. The highest BCUT2D eigenvalue weighted by Gasteiger charge is 2.13. The standard InChI is InChI=1S/C12H24N2O2/c15-9-2-1-8-14-12(16)6-5-11-4-3-7-13-10-11/h11,13,15H,1-10H2,(H,14,16). The molecule has 4 heteroatoms. The number of aliphatic hydroxyl groups is 1. The molecule has 1 heterocycles. The van der Waals surface area contributed by atoms with Crippen LogP contribution in [0.25, 0.3) is 0 Å². The van der Waals surface area contributed by atoms with Crippen molar-refractivity contribution in [1.29, 1.82) is 0 Å². The second kappa shape index (κ2) is 8.53. The Morgan fingerprint density at radius 2 is 2.31 bits per heavy atom. The molecule has 1 amide bonds. The Morgan fingerprint density at radius 3 is 3.00 bits per heavy atom. The second-order valence-corrected chi connectivity index (χ2v) is 4.53. The molecule has 3 N–H and O–H groups in total. The van der Waals surface area contributed by atoms with Gasteiger partial charge in [-0.15, -0.1) is 0 Å². The van der Waals surface area contributed by atoms with Gasteiger partial charge in [0.2, 0.25) is 5.91 Å². The van der Waals surface area contributed by atoms with Gasteiger partial charge in [-0.1, -0.05) is 0 Å². The third kappa shape index (κ3) is 6.08. The number of nitrogens with one attached hydrogen (secondary N) is 2. The molecule has 0 aliphatic carbocycles. The van der Waals surface area contributed by atoms with Crippen molar-refractivity contribution in [3.8, 4) is 0 Å². The molecule has 0 aromatic heterocycles. The molecule has 1 fully saturated rings. The molecular formula is C12H24N2O2. The average Bonchev–Trinajstić information content (AvgIpc) is 2.33. The van der Waals surface area contributed by atoms with Gasteiger partial charge in [0, 0.05) is 19.6 Å². The number of rotatable bonds is 7. The van der Waals surface area contributed by atoms with Crippen molar-refractivity contribution in [1.82, 2.24) is 10.6 Å². The molecule has 94 valence electrons. The first kappa shape index (κ1) is 13.5. The molecule has 0 aromatic rings. The lowest BCUT2D eigenvalue weighted by molar-refractivity contribution is -0.121. The Kier molecular flexibility index (Phi) is 7.17. The number of unbranched alkanes of at least 4 members (excludes halogenated alkanes) is 1. The van der Waals surface area contributed by atoms with E-state index in [1.54, 1.807) is 0 Å². The Bertz CT molecular complexity index is 191. The summed E-state index contributed by atoms with van der Waals surface area (Å²) in [7, 11) is 0. The molecule has 1 unspecified atom stereocenters. The van der Waals surface area contributed by atoms with Crippen LogP contribution < -0.4 is 10.6 Å². The van der Waals surface area contributed by atoms with Gasteiger partial charge in [0.15, 0.2) is 0 Å². The first-order valence-corrected chi connectivity index (χ1v) is 6.41. The SMILES string of the molecule is O=C(CCC1CCCNC1)NCCCCO. The van der Waals surface area contributed by atoms with Crippen LogP contribution in [0.3, 0.4) is 0 Å². The summed E-state index contributed by atoms with van der Waals surface area (Å²) in [6.45, 7) is 3.10. The second-order valence-electron chi connectivity index (χ2n) is 4.53. The molecule has 0 bridgehead atoms. The lowest BCUT2D eigenvalue weighted by Crippen LogP contribution is -2.31. The number of carbonyl (C=O) groups is 1. The van der Waals surface area contributed by atoms with Crippen molar-refractivity contribution >= 4 is 5.91 Å². The lowest BCUT2D eigenvalue weighted by atomic mass is 9.94. The highest BCUT2D eigenvalue weighted by molar-refractivity contribution is 5.75. The molecule has 0 aromatic carbocycles. The summed E-state index contributed by atoms with van der Waals surface area (Å²) in [4.78, 5) is 11.5. The Hall–Kier alpha value is -0.610. The summed E-state index contributed by atoms with van der Waals surface area (Å²) in [5.41, 5.74) is 0. The molecular weight excluding hydrogens is 204 g/mol. The number of aliphatic hydroxyl groups excluding tert-OH is 1. The van der Waals surface area contributed by atoms with Crippen molar-refractivity contribution in [3.05, 3.63) is 0 Å². The zero-order chi connectivity index (χ0) is 11.6. The molecule has 1 aliphatic rings. The van der Waals surface area contributed by atoms with E-state index >= 15 is 0 Å². The number of amides is 1. The maximum Gasteiger partial charge on any atom is 0.220 e. The molecule has 1 atom stereocenters. The Balaban J connectivity index is 1.96. The summed E-state index contributed by atoms with van der Waals surface area (Å²) in [5.74, 6) is 0.834. The molecule has 1 aliphatic heterocycles. The monoisotopic (exact) mass is 228 g/mol. The van der Waals surface area contributed by atoms with Crippen LogP contribution >= 0.6 is 0 Å². The molecule has 1 rings (SSSR count). The quantitative estimate of drug-likeness (QED) is 0.561. The molecule has 4 nitrogen and oxygen atoms in total. The van der Waals surface area contributed by atoms with Crippen molar-refractivity contribution in [2.45, 2.75) is 38.5 Å². The van der Waals surface area contributed by atoms with E-state index in [4.69, 9.17) is 5.11 Å². The third-order valence-electron chi connectivity index (χ3n) is 3.09. The number of hydrogen-bond donors (Lipinski definition) is 3. The van der Waals surface area contributed by atoms with Gasteiger partial charge in [-0.3, -0.25) is 4.79 Å². The third-order valence-corrected chi connectivity index (χ3v) is 3.09. The van der Waals surface area contributed by atoms with Crippen molar-refractivity contribution in [2.24, 2.45) is 5.92 Å². The maximum absolute atomic E-state index is 11.5. The van der Waals surface area contributed by atoms with Gasteiger partial charge in [-0.2, -0.15) is 0 Å². The summed E-state index contributed by atoms with van der Waals surface area (Å²) in [6.07, 6.45) is 5.78. The number of hydrogen-bond acceptors (Lipinski definition) is 3. The summed E-state index contributed by atoms with van der Waals surface area (Å²) in [5, 5.41) is 14.8. The fourth-order valence-electron chi connectivity index (χ4n) is 2.06. The van der Waals surface area contributed by atoms with Crippen molar-refractivity contribution in [2.75, 3.05) is 26.2 Å². The van der Waals surface area contributed by atoms with Crippen LogP contribution in [0.15, 0.2) is 0 Å². The van der Waals surface area contributed by atoms with Crippen LogP contribution in [0.4, 0.5) is 0 Å². The van der Waals surface area contributed by atoms with E-state index in [0.717, 1.165) is 32.4 Å². The average molecular weight is 228 g/mol. The topological polar surface area (TPSA) is 61.4 Å². The van der Waals surface area contributed by atoms with Gasteiger partial charge in [0.25, 0.3) is 0 Å². The van der Waals surface area contributed by atoms with Gasteiger partial charge in [0.05, 0.1) is 0 Å². The van der Waals surface area contributed by atoms with Crippen LogP contribution in [0.1, 0.15) is 38.5 Å². The maximum atomic E-state index is 11.5. The summed E-state index contributed by atoms with van der Waals surface area (Å²) < 4.78 is 0. The van der Waals surface area contributed by atoms with Crippen LogP contribution in [0.2, 0.25) is 0 Å². The smallest absolute Gasteiger partial charge is 0.220 e. The molecule has 1 saturated heterocycles. The van der Waals surface area contributed by atoms with Crippen LogP contribution in [-0.4, -0.2) is 37.3 Å². The van der Waals surface area contributed by atoms with Crippen molar-refractivity contribution in [3.63, 3.8) is 0 Å². The zero-order valence-electron chi connectivity index (χ0n) is 10.0. The van der Waals surface area contributed by atoms with E-state index in [2.05, 4.69) is 10.6 Å². The minimum absolute atomic E-state index is 0.156. The predicted octanol–water partition coefficient (Wildman–Crippen LogP) is 0.655. The van der Waals surface area contributed by atoms with Crippen LogP contribution in [-0.2, 0) is 4.79 Å². The Labute approximate surface area is 97.8 Å². The number of carbonyl (C=O) groups excluding carboxylic acids is 1. The minimum Gasteiger partial charge on any atom is -0.396 e. The molecule has 0 spiro atoms. The van der Waals surface area contributed by atoms with E-state index < -0.39 is 0 Å². The first-order chi connectivity index (χ1) is 7.83. The summed E-state index contributed by atoms with van der Waals surface area (Å²) >= 11 is 0. The highest BCUT2D eigenvalue weighted by atomic mass is 16.2. The highest BCUT2D eigenvalue weighted by Crippen LogP contribution is 2.15. The first-order valence-electron chi connectivity index (χ1n) is 6.41. The van der Waals surface area contributed by atoms with Gasteiger partial charge >= 0.3 is 0 Å². The Morgan fingerprint density at radius 1 is 1.44 bits per heavy atom. The van der Waals surface area contributed by atoms with E-state index in [-0.39, 0.29) is 12.5 Å². The summed E-state index contributed by atoms with van der Waals surface area (Å²) in [6, 6.07) is 0. The normalized spacial score (nSPS) is 20.7. The van der Waals surface area contributed by atoms with Crippen LogP contribution in [0, 0.1) is 5.92 Å². The minimum atomic E-state index is 0.156. The van der Waals surface area contributed by atoms with Gasteiger partial charge < -0.3 is 15.7 Å². The fraction of sp³-hybridized carbons (Fsp3) is 0.917. The van der Waals surface area contributed by atoms with Gasteiger partial charge in [-0.05, 0) is 51.1 Å². The fourth-order valence-corrected chi connectivity index (χ4v) is 2.06. The zero-order valence-corrected chi connectivity index (χ0v) is 10.0. The van der Waals surface area contributed by atoms with E-state index in [1.165, 1.54) is 12.8 Å². The molecule has 16 heavy (non-hydrogen) atoms. The predicted molar refractivity (Wildman–Crippen MR) is 64.2 cm³/mol. The van der Waals surface area contributed by atoms with E-state index in [9.17, 15) is 4.79 Å². The largest absolute Gasteiger partial charge is 0.396 e. The van der Waals surface area contributed by atoms with E-state index in [1.807, 2.05) is 0 Å². The van der Waals surface area contributed by atoms with Gasteiger partial charge in [-0.25, -0.2) is 0 Å². The molecule has 0 saturated carbocycles. The lowest BCUT2D eigenvalue weighted by Gasteiger charge is -2.22. The molecule has 0 radical (unpaired) electrons. The van der Waals surface area contributed by atoms with Crippen molar-refractivity contribution < 1.29 is 9.90 Å². The van der Waals surface area contributed by atoms with Gasteiger partial charge in [0.1, 0.15) is 0 Å². The van der Waals surface area contributed by atoms with E-state index in [0.29, 0.717) is 18.9 Å².